The molecule has 0 amide bonds. The molecule has 1 heterocycles. The van der Waals surface area contributed by atoms with Gasteiger partial charge in [0, 0.05) is 11.5 Å². The lowest BCUT2D eigenvalue weighted by Gasteiger charge is -2.11. The molecule has 5 heteroatoms. The maximum Gasteiger partial charge on any atom is 0.259 e. The standard InChI is InChI=1S/C13H13NO4/c1-7-8-4-11(17-2)12(18-3)5-10(8)14-13(16)9(7)6-15/h4-6H,1-3H3,(H,14,16). The quantitative estimate of drug-likeness (QED) is 0.837. The van der Waals surface area contributed by atoms with Crippen molar-refractivity contribution < 1.29 is 14.3 Å². The summed E-state index contributed by atoms with van der Waals surface area (Å²) in [5.41, 5.74) is 0.974. The number of pyridine rings is 1. The van der Waals surface area contributed by atoms with E-state index in [1.54, 1.807) is 19.1 Å². The monoisotopic (exact) mass is 247 g/mol. The Morgan fingerprint density at radius 2 is 1.78 bits per heavy atom. The number of hydrogen-bond acceptors (Lipinski definition) is 4. The Morgan fingerprint density at radius 3 is 2.33 bits per heavy atom. The van der Waals surface area contributed by atoms with Crippen LogP contribution in [0, 0.1) is 6.92 Å². The fourth-order valence-electron chi connectivity index (χ4n) is 1.94. The Balaban J connectivity index is 2.89. The number of benzene rings is 1. The van der Waals surface area contributed by atoms with Crippen LogP contribution in [0.1, 0.15) is 15.9 Å². The van der Waals surface area contributed by atoms with Crippen LogP contribution in [0.3, 0.4) is 0 Å². The minimum atomic E-state index is -0.401. The molecule has 0 aliphatic heterocycles. The van der Waals surface area contributed by atoms with Crippen molar-refractivity contribution in [1.82, 2.24) is 4.98 Å². The van der Waals surface area contributed by atoms with Gasteiger partial charge in [0.2, 0.25) is 0 Å². The third-order valence-electron chi connectivity index (χ3n) is 2.94. The zero-order chi connectivity index (χ0) is 13.3. The summed E-state index contributed by atoms with van der Waals surface area (Å²) < 4.78 is 10.4. The first-order valence-corrected chi connectivity index (χ1v) is 5.36. The van der Waals surface area contributed by atoms with Crippen molar-refractivity contribution in [3.63, 3.8) is 0 Å². The largest absolute Gasteiger partial charge is 0.493 e. The zero-order valence-electron chi connectivity index (χ0n) is 10.4. The molecule has 0 unspecified atom stereocenters. The van der Waals surface area contributed by atoms with E-state index >= 15 is 0 Å². The van der Waals surface area contributed by atoms with Gasteiger partial charge in [-0.25, -0.2) is 0 Å². The summed E-state index contributed by atoms with van der Waals surface area (Å²) in [5, 5.41) is 0.759. The van der Waals surface area contributed by atoms with Crippen LogP contribution in [0.5, 0.6) is 11.5 Å². The number of nitrogens with one attached hydrogen (secondary N) is 1. The van der Waals surface area contributed by atoms with Crippen LogP contribution >= 0.6 is 0 Å². The molecule has 0 aliphatic carbocycles. The van der Waals surface area contributed by atoms with E-state index in [2.05, 4.69) is 4.98 Å². The topological polar surface area (TPSA) is 68.4 Å². The fourth-order valence-corrected chi connectivity index (χ4v) is 1.94. The molecule has 2 rings (SSSR count). The predicted octanol–water partition coefficient (Wildman–Crippen LogP) is 1.67. The molecule has 0 spiro atoms. The number of hydrogen-bond donors (Lipinski definition) is 1. The average molecular weight is 247 g/mol. The number of aldehydes is 1. The zero-order valence-corrected chi connectivity index (χ0v) is 10.4. The number of aromatic nitrogens is 1. The van der Waals surface area contributed by atoms with Gasteiger partial charge in [-0.3, -0.25) is 9.59 Å². The second kappa shape index (κ2) is 4.52. The molecule has 18 heavy (non-hydrogen) atoms. The molecule has 0 fully saturated rings. The molecule has 94 valence electrons. The highest BCUT2D eigenvalue weighted by molar-refractivity contribution is 5.91. The van der Waals surface area contributed by atoms with E-state index < -0.39 is 5.56 Å². The Labute approximate surface area is 103 Å². The molecular formula is C13H13NO4. The van der Waals surface area contributed by atoms with E-state index in [1.807, 2.05) is 0 Å². The highest BCUT2D eigenvalue weighted by Gasteiger charge is 2.12. The minimum Gasteiger partial charge on any atom is -0.493 e. The number of H-pyrrole nitrogens is 1. The van der Waals surface area contributed by atoms with Gasteiger partial charge in [-0.15, -0.1) is 0 Å². The first kappa shape index (κ1) is 12.2. The highest BCUT2D eigenvalue weighted by atomic mass is 16.5. The van der Waals surface area contributed by atoms with Gasteiger partial charge in [0.25, 0.3) is 5.56 Å². The number of ether oxygens (including phenoxy) is 2. The molecular weight excluding hydrogens is 234 g/mol. The van der Waals surface area contributed by atoms with E-state index in [4.69, 9.17) is 9.47 Å². The third-order valence-corrected chi connectivity index (χ3v) is 2.94. The number of carbonyl (C=O) groups is 1. The Bertz CT molecular complexity index is 673. The number of methoxy groups -OCH3 is 2. The van der Waals surface area contributed by atoms with Crippen molar-refractivity contribution in [3.8, 4) is 11.5 Å². The van der Waals surface area contributed by atoms with E-state index in [-0.39, 0.29) is 5.56 Å². The number of aryl methyl sites for hydroxylation is 1. The normalized spacial score (nSPS) is 10.4. The molecule has 0 saturated carbocycles. The number of rotatable bonds is 3. The summed E-state index contributed by atoms with van der Waals surface area (Å²) in [6.07, 6.45) is 0.560. The van der Waals surface area contributed by atoms with E-state index in [1.165, 1.54) is 14.2 Å². The molecule has 0 bridgehead atoms. The average Bonchev–Trinajstić information content (AvgIpc) is 2.37. The smallest absolute Gasteiger partial charge is 0.259 e. The predicted molar refractivity (Wildman–Crippen MR) is 67.8 cm³/mol. The molecule has 2 aromatic rings. The summed E-state index contributed by atoms with van der Waals surface area (Å²) in [7, 11) is 3.06. The second-order valence-electron chi connectivity index (χ2n) is 3.86. The first-order chi connectivity index (χ1) is 8.62. The van der Waals surface area contributed by atoms with Crippen LogP contribution in [0.25, 0.3) is 10.9 Å². The first-order valence-electron chi connectivity index (χ1n) is 5.36. The van der Waals surface area contributed by atoms with Gasteiger partial charge in [0.1, 0.15) is 0 Å². The maximum absolute atomic E-state index is 11.7. The van der Waals surface area contributed by atoms with Crippen molar-refractivity contribution in [2.75, 3.05) is 14.2 Å². The molecule has 0 radical (unpaired) electrons. The summed E-state index contributed by atoms with van der Waals surface area (Å²) in [4.78, 5) is 25.2. The van der Waals surface area contributed by atoms with Crippen molar-refractivity contribution >= 4 is 17.2 Å². The van der Waals surface area contributed by atoms with Gasteiger partial charge in [0.05, 0.1) is 25.3 Å². The Kier molecular flexibility index (Phi) is 3.06. The van der Waals surface area contributed by atoms with Gasteiger partial charge in [-0.05, 0) is 18.6 Å². The Morgan fingerprint density at radius 1 is 1.17 bits per heavy atom. The minimum absolute atomic E-state index is 0.134. The van der Waals surface area contributed by atoms with Crippen LogP contribution in [0.15, 0.2) is 16.9 Å². The summed E-state index contributed by atoms with van der Waals surface area (Å²) in [5.74, 6) is 1.08. The van der Waals surface area contributed by atoms with Crippen LogP contribution in [0.2, 0.25) is 0 Å². The van der Waals surface area contributed by atoms with Gasteiger partial charge < -0.3 is 14.5 Å². The van der Waals surface area contributed by atoms with Gasteiger partial charge >= 0.3 is 0 Å². The van der Waals surface area contributed by atoms with Crippen LogP contribution in [0.4, 0.5) is 0 Å². The lowest BCUT2D eigenvalue weighted by molar-refractivity contribution is 0.112. The van der Waals surface area contributed by atoms with Crippen molar-refractivity contribution in [2.24, 2.45) is 0 Å². The number of fused-ring (bicyclic) bond motifs is 1. The lowest BCUT2D eigenvalue weighted by atomic mass is 10.0. The maximum atomic E-state index is 11.7. The molecule has 0 saturated heterocycles. The van der Waals surface area contributed by atoms with Crippen molar-refractivity contribution in [1.29, 1.82) is 0 Å². The molecule has 1 aromatic heterocycles. The molecule has 1 aromatic carbocycles. The number of aromatic amines is 1. The van der Waals surface area contributed by atoms with E-state index in [0.29, 0.717) is 28.9 Å². The second-order valence-corrected chi connectivity index (χ2v) is 3.86. The molecule has 0 atom stereocenters. The van der Waals surface area contributed by atoms with Gasteiger partial charge in [-0.2, -0.15) is 0 Å². The summed E-state index contributed by atoms with van der Waals surface area (Å²) in [6, 6.07) is 3.42. The van der Waals surface area contributed by atoms with Gasteiger partial charge in [0.15, 0.2) is 17.8 Å². The number of carbonyl (C=O) groups excluding carboxylic acids is 1. The summed E-state index contributed by atoms with van der Waals surface area (Å²) >= 11 is 0. The summed E-state index contributed by atoms with van der Waals surface area (Å²) in [6.45, 7) is 1.73. The fraction of sp³-hybridized carbons (Fsp3) is 0.231. The molecule has 1 N–H and O–H groups in total. The van der Waals surface area contributed by atoms with Crippen LogP contribution < -0.4 is 15.0 Å². The third kappa shape index (κ3) is 1.73. The van der Waals surface area contributed by atoms with Crippen LogP contribution in [-0.2, 0) is 0 Å². The SMILES string of the molecule is COc1cc2[nH]c(=O)c(C=O)c(C)c2cc1OC. The van der Waals surface area contributed by atoms with Crippen LogP contribution in [-0.4, -0.2) is 25.5 Å². The molecule has 5 nitrogen and oxygen atoms in total. The highest BCUT2D eigenvalue weighted by Crippen LogP contribution is 2.32. The molecule has 0 aliphatic rings. The van der Waals surface area contributed by atoms with E-state index in [0.717, 1.165) is 5.39 Å². The van der Waals surface area contributed by atoms with Crippen molar-refractivity contribution in [2.45, 2.75) is 6.92 Å². The Hall–Kier alpha value is -2.30. The lowest BCUT2D eigenvalue weighted by Crippen LogP contribution is -2.14. The van der Waals surface area contributed by atoms with E-state index in [9.17, 15) is 9.59 Å². The van der Waals surface area contributed by atoms with Gasteiger partial charge in [-0.1, -0.05) is 0 Å². The van der Waals surface area contributed by atoms with Crippen molar-refractivity contribution in [3.05, 3.63) is 33.6 Å².